The predicted molar refractivity (Wildman–Crippen MR) is 123 cm³/mol. The van der Waals surface area contributed by atoms with E-state index < -0.39 is 35.5 Å². The molecule has 0 saturated heterocycles. The Morgan fingerprint density at radius 2 is 1.74 bits per heavy atom. The highest BCUT2D eigenvalue weighted by Crippen LogP contribution is 2.33. The Hall–Kier alpha value is -3.33. The van der Waals surface area contributed by atoms with E-state index in [1.54, 1.807) is 24.3 Å². The molecule has 0 aliphatic heterocycles. The van der Waals surface area contributed by atoms with E-state index in [4.69, 9.17) is 26.3 Å². The first-order valence-electron chi connectivity index (χ1n) is 10.2. The highest BCUT2D eigenvalue weighted by molar-refractivity contribution is 6.31. The van der Waals surface area contributed by atoms with Gasteiger partial charge in [0.15, 0.2) is 6.29 Å². The maximum atomic E-state index is 13.2. The fourth-order valence-electron chi connectivity index (χ4n) is 3.11. The maximum absolute atomic E-state index is 13.2. The fraction of sp³-hybridized carbons (Fsp3) is 0.348. The molecule has 3 amide bonds. The number of alkyl halides is 3. The highest BCUT2D eigenvalue weighted by Gasteiger charge is 2.36. The second-order valence-electron chi connectivity index (χ2n) is 7.73. The number of carbonyl (C=O) groups is 2. The van der Waals surface area contributed by atoms with Gasteiger partial charge in [0.05, 0.1) is 23.7 Å². The van der Waals surface area contributed by atoms with E-state index in [-0.39, 0.29) is 23.7 Å². The lowest BCUT2D eigenvalue weighted by atomic mass is 9.91. The van der Waals surface area contributed by atoms with E-state index in [9.17, 15) is 22.8 Å². The summed E-state index contributed by atoms with van der Waals surface area (Å²) in [6.07, 6.45) is -5.44. The number of ether oxygens (including phenoxy) is 2. The quantitative estimate of drug-likeness (QED) is 0.438. The van der Waals surface area contributed by atoms with E-state index in [1.807, 2.05) is 6.07 Å². The molecule has 0 aromatic heterocycles. The summed E-state index contributed by atoms with van der Waals surface area (Å²) < 4.78 is 49.5. The summed E-state index contributed by atoms with van der Waals surface area (Å²) in [5, 5.41) is 16.2. The van der Waals surface area contributed by atoms with Crippen LogP contribution in [0.5, 0.6) is 0 Å². The van der Waals surface area contributed by atoms with Crippen LogP contribution >= 0.6 is 11.6 Å². The van der Waals surface area contributed by atoms with Gasteiger partial charge in [-0.15, -0.1) is 0 Å². The van der Waals surface area contributed by atoms with Gasteiger partial charge in [0, 0.05) is 31.4 Å². The summed E-state index contributed by atoms with van der Waals surface area (Å²) in [4.78, 5) is 25.8. The summed E-state index contributed by atoms with van der Waals surface area (Å²) in [6, 6.07) is 10.2. The van der Waals surface area contributed by atoms with Gasteiger partial charge in [0.2, 0.25) is 5.91 Å². The number of halogens is 4. The monoisotopic (exact) mass is 512 g/mol. The largest absolute Gasteiger partial charge is 0.416 e. The van der Waals surface area contributed by atoms with Crippen molar-refractivity contribution in [3.8, 4) is 6.07 Å². The number of methoxy groups -OCH3 is 2. The zero-order chi connectivity index (χ0) is 26.2. The second-order valence-corrected chi connectivity index (χ2v) is 8.17. The zero-order valence-corrected chi connectivity index (χ0v) is 19.9. The highest BCUT2D eigenvalue weighted by atomic mass is 35.5. The van der Waals surface area contributed by atoms with Gasteiger partial charge >= 0.3 is 12.2 Å². The average molecular weight is 513 g/mol. The lowest BCUT2D eigenvalue weighted by molar-refractivity contribution is -0.137. The number of carbonyl (C=O) groups excluding carboxylic acids is 2. The van der Waals surface area contributed by atoms with E-state index in [0.717, 1.165) is 12.1 Å². The van der Waals surface area contributed by atoms with E-state index >= 15 is 0 Å². The molecule has 0 unspecified atom stereocenters. The first-order chi connectivity index (χ1) is 16.4. The number of nitrogens with one attached hydrogen (secondary N) is 3. The first kappa shape index (κ1) is 27.9. The van der Waals surface area contributed by atoms with Crippen molar-refractivity contribution in [1.29, 1.82) is 5.26 Å². The van der Waals surface area contributed by atoms with Crippen LogP contribution < -0.4 is 16.0 Å². The van der Waals surface area contributed by atoms with Crippen molar-refractivity contribution in [2.75, 3.05) is 26.1 Å². The number of amides is 3. The Bertz CT molecular complexity index is 1090. The number of hydrogen-bond acceptors (Lipinski definition) is 5. The Morgan fingerprint density at radius 1 is 1.11 bits per heavy atom. The van der Waals surface area contributed by atoms with Crippen LogP contribution in [0.3, 0.4) is 0 Å². The first-order valence-corrected chi connectivity index (χ1v) is 10.6. The third-order valence-corrected chi connectivity index (χ3v) is 5.19. The number of hydrogen-bond donors (Lipinski definition) is 3. The lowest BCUT2D eigenvalue weighted by Gasteiger charge is -2.30. The van der Waals surface area contributed by atoms with Gasteiger partial charge in [0.25, 0.3) is 0 Å². The van der Waals surface area contributed by atoms with Crippen molar-refractivity contribution in [3.63, 3.8) is 0 Å². The summed E-state index contributed by atoms with van der Waals surface area (Å²) in [5.74, 6) is -0.789. The molecular weight excluding hydrogens is 489 g/mol. The molecule has 0 spiro atoms. The molecule has 0 radical (unpaired) electrons. The molecule has 0 fully saturated rings. The van der Waals surface area contributed by atoms with Gasteiger partial charge in [-0.2, -0.15) is 18.4 Å². The predicted octanol–water partition coefficient (Wildman–Crippen LogP) is 4.09. The van der Waals surface area contributed by atoms with Crippen LogP contribution in [-0.4, -0.2) is 44.5 Å². The van der Waals surface area contributed by atoms with Crippen molar-refractivity contribution < 1.29 is 32.2 Å². The number of benzene rings is 2. The van der Waals surface area contributed by atoms with Crippen molar-refractivity contribution >= 4 is 29.2 Å². The topological polar surface area (TPSA) is 112 Å². The van der Waals surface area contributed by atoms with Gasteiger partial charge in [-0.1, -0.05) is 23.7 Å². The van der Waals surface area contributed by atoms with Crippen molar-refractivity contribution in [1.82, 2.24) is 10.6 Å². The Morgan fingerprint density at radius 3 is 2.29 bits per heavy atom. The summed E-state index contributed by atoms with van der Waals surface area (Å²) in [7, 11) is 2.77. The van der Waals surface area contributed by atoms with Crippen LogP contribution in [0.1, 0.15) is 23.6 Å². The van der Waals surface area contributed by atoms with Crippen LogP contribution in [0.4, 0.5) is 23.7 Å². The SMILES string of the molecule is COC(CNC(=O)N[C@](C)(Cc1ccc(C#N)cc1)C(=O)Nc1cc(Cl)cc(C(F)(F)F)c1)OC. The maximum Gasteiger partial charge on any atom is 0.416 e. The van der Waals surface area contributed by atoms with Crippen molar-refractivity contribution in [3.05, 3.63) is 64.2 Å². The number of nitriles is 1. The van der Waals surface area contributed by atoms with Crippen molar-refractivity contribution in [2.24, 2.45) is 0 Å². The molecule has 35 heavy (non-hydrogen) atoms. The minimum absolute atomic E-state index is 0.0311. The number of anilines is 1. The van der Waals surface area contributed by atoms with E-state index in [0.29, 0.717) is 11.1 Å². The molecule has 2 aromatic rings. The van der Waals surface area contributed by atoms with Gasteiger partial charge in [-0.3, -0.25) is 4.79 Å². The van der Waals surface area contributed by atoms with Crippen LogP contribution in [-0.2, 0) is 26.9 Å². The standard InChI is InChI=1S/C23H24ClF3N4O4/c1-22(11-14-4-6-15(12-28)7-5-14,31-21(33)29-13-19(34-2)35-3)20(32)30-18-9-16(23(25,26)27)8-17(24)10-18/h4-10,19H,11,13H2,1-3H3,(H,30,32)(H2,29,31,33)/t22-/m1/s1. The molecular formula is C23H24ClF3N4O4. The van der Waals surface area contributed by atoms with Crippen molar-refractivity contribution in [2.45, 2.75) is 31.3 Å². The normalized spacial score (nSPS) is 13.0. The number of urea groups is 1. The molecule has 188 valence electrons. The molecule has 3 N–H and O–H groups in total. The summed E-state index contributed by atoms with van der Waals surface area (Å²) in [6.45, 7) is 1.39. The minimum Gasteiger partial charge on any atom is -0.354 e. The lowest BCUT2D eigenvalue weighted by Crippen LogP contribution is -2.59. The van der Waals surface area contributed by atoms with E-state index in [2.05, 4.69) is 16.0 Å². The third-order valence-electron chi connectivity index (χ3n) is 4.97. The molecule has 1 atom stereocenters. The summed E-state index contributed by atoms with van der Waals surface area (Å²) in [5.41, 5.74) is -1.86. The molecule has 8 nitrogen and oxygen atoms in total. The number of rotatable bonds is 9. The smallest absolute Gasteiger partial charge is 0.354 e. The van der Waals surface area contributed by atoms with Crippen LogP contribution in [0.2, 0.25) is 5.02 Å². The van der Waals surface area contributed by atoms with Crippen LogP contribution in [0.25, 0.3) is 0 Å². The average Bonchev–Trinajstić information content (AvgIpc) is 2.79. The van der Waals surface area contributed by atoms with Gasteiger partial charge in [-0.25, -0.2) is 4.79 Å². The van der Waals surface area contributed by atoms with Gasteiger partial charge < -0.3 is 25.4 Å². The van der Waals surface area contributed by atoms with Gasteiger partial charge in [-0.05, 0) is 42.8 Å². The molecule has 0 aliphatic rings. The third kappa shape index (κ3) is 8.13. The molecule has 0 heterocycles. The Labute approximate surface area is 205 Å². The Balaban J connectivity index is 2.31. The molecule has 2 rings (SSSR count). The molecule has 0 aliphatic carbocycles. The number of nitrogens with zero attached hydrogens (tertiary/aromatic N) is 1. The molecule has 0 saturated carbocycles. The minimum atomic E-state index is -4.67. The van der Waals surface area contributed by atoms with Gasteiger partial charge in [0.1, 0.15) is 5.54 Å². The fourth-order valence-corrected chi connectivity index (χ4v) is 3.35. The van der Waals surface area contributed by atoms with Crippen LogP contribution in [0, 0.1) is 11.3 Å². The molecule has 2 aromatic carbocycles. The van der Waals surface area contributed by atoms with E-state index in [1.165, 1.54) is 27.2 Å². The molecule has 12 heteroatoms. The summed E-state index contributed by atoms with van der Waals surface area (Å²) >= 11 is 5.81. The molecule has 0 bridgehead atoms. The zero-order valence-electron chi connectivity index (χ0n) is 19.1. The Kier molecular flexibility index (Phi) is 9.47. The van der Waals surface area contributed by atoms with Crippen LogP contribution in [0.15, 0.2) is 42.5 Å². The second kappa shape index (κ2) is 11.9.